The van der Waals surface area contributed by atoms with Crippen LogP contribution in [0.1, 0.15) is 102 Å². The molecule has 3 saturated carbocycles. The van der Waals surface area contributed by atoms with E-state index in [4.69, 9.17) is 4.74 Å². The van der Waals surface area contributed by atoms with Crippen LogP contribution in [0.4, 0.5) is 17.6 Å². The molecule has 0 radical (unpaired) electrons. The van der Waals surface area contributed by atoms with Gasteiger partial charge in [-0.05, 0) is 101 Å². The average Bonchev–Trinajstić information content (AvgIpc) is 3.30. The summed E-state index contributed by atoms with van der Waals surface area (Å²) in [6.45, 7) is 3.56. The molecule has 3 fully saturated rings. The number of benzene rings is 1. The van der Waals surface area contributed by atoms with Gasteiger partial charge < -0.3 is 4.74 Å². The van der Waals surface area contributed by atoms with Crippen LogP contribution in [0.2, 0.25) is 0 Å². The molecule has 3 aliphatic rings. The fraction of sp³-hybridized carbons (Fsp3) is 0.793. The topological polar surface area (TPSA) is 9.23 Å². The third-order valence-corrected chi connectivity index (χ3v) is 9.45. The molecule has 2 unspecified atom stereocenters. The van der Waals surface area contributed by atoms with Gasteiger partial charge in [-0.3, -0.25) is 0 Å². The zero-order valence-corrected chi connectivity index (χ0v) is 20.9. The Balaban J connectivity index is 1.22. The van der Waals surface area contributed by atoms with E-state index in [1.807, 2.05) is 0 Å². The lowest BCUT2D eigenvalue weighted by molar-refractivity contribution is -0.224. The molecule has 1 aromatic rings. The average molecular weight is 483 g/mol. The van der Waals surface area contributed by atoms with Gasteiger partial charge in [0.25, 0.3) is 0 Å². The fourth-order valence-electron chi connectivity index (χ4n) is 7.23. The molecule has 0 saturated heterocycles. The fourth-order valence-corrected chi connectivity index (χ4v) is 7.23. The van der Waals surface area contributed by atoms with Crippen LogP contribution >= 0.6 is 0 Å². The first-order valence-corrected chi connectivity index (χ1v) is 13.8. The summed E-state index contributed by atoms with van der Waals surface area (Å²) in [7, 11) is 0. The van der Waals surface area contributed by atoms with Gasteiger partial charge in [-0.25, -0.2) is 8.78 Å². The van der Waals surface area contributed by atoms with E-state index in [0.717, 1.165) is 42.7 Å². The Kier molecular flexibility index (Phi) is 8.51. The number of rotatable bonds is 8. The van der Waals surface area contributed by atoms with E-state index in [1.54, 1.807) is 0 Å². The summed E-state index contributed by atoms with van der Waals surface area (Å²) in [5, 5.41) is 0. The minimum atomic E-state index is -3.41. The monoisotopic (exact) mass is 482 g/mol. The number of hydrogen-bond donors (Lipinski definition) is 0. The van der Waals surface area contributed by atoms with Crippen LogP contribution < -0.4 is 4.74 Å². The van der Waals surface area contributed by atoms with E-state index in [1.165, 1.54) is 71.1 Å². The van der Waals surface area contributed by atoms with Crippen molar-refractivity contribution in [1.82, 2.24) is 0 Å². The van der Waals surface area contributed by atoms with Crippen LogP contribution in [-0.4, -0.2) is 6.11 Å². The molecule has 0 aromatic heterocycles. The van der Waals surface area contributed by atoms with Gasteiger partial charge >= 0.3 is 6.11 Å². The second-order valence-electron chi connectivity index (χ2n) is 11.5. The molecule has 4 rings (SSSR count). The van der Waals surface area contributed by atoms with Crippen molar-refractivity contribution < 1.29 is 22.3 Å². The highest BCUT2D eigenvalue weighted by Gasteiger charge is 2.45. The minimum absolute atomic E-state index is 0.185. The van der Waals surface area contributed by atoms with Crippen LogP contribution in [0.3, 0.4) is 0 Å². The third kappa shape index (κ3) is 6.10. The van der Waals surface area contributed by atoms with Crippen molar-refractivity contribution >= 4 is 0 Å². The van der Waals surface area contributed by atoms with Gasteiger partial charge in [-0.1, -0.05) is 32.6 Å². The number of alkyl halides is 2. The highest BCUT2D eigenvalue weighted by molar-refractivity contribution is 5.30. The van der Waals surface area contributed by atoms with Gasteiger partial charge in [0.05, 0.1) is 5.92 Å². The highest BCUT2D eigenvalue weighted by atomic mass is 19.3. The second-order valence-corrected chi connectivity index (χ2v) is 11.5. The molecule has 34 heavy (non-hydrogen) atoms. The second kappa shape index (κ2) is 11.2. The summed E-state index contributed by atoms with van der Waals surface area (Å²) in [5.41, 5.74) is -0.185. The molecule has 0 spiro atoms. The lowest BCUT2D eigenvalue weighted by Crippen LogP contribution is -2.38. The van der Waals surface area contributed by atoms with E-state index in [2.05, 4.69) is 6.92 Å². The van der Waals surface area contributed by atoms with E-state index >= 15 is 0 Å². The molecule has 3 aliphatic carbocycles. The van der Waals surface area contributed by atoms with E-state index in [-0.39, 0.29) is 5.56 Å². The van der Waals surface area contributed by atoms with Crippen molar-refractivity contribution in [3.63, 3.8) is 0 Å². The summed E-state index contributed by atoms with van der Waals surface area (Å²) in [6, 6.07) is 1.71. The molecule has 0 aliphatic heterocycles. The summed E-state index contributed by atoms with van der Waals surface area (Å²) in [6.07, 6.45) is 12.5. The van der Waals surface area contributed by atoms with Crippen molar-refractivity contribution in [2.45, 2.75) is 110 Å². The highest BCUT2D eigenvalue weighted by Crippen LogP contribution is 2.49. The smallest absolute Gasteiger partial charge is 0.400 e. The van der Waals surface area contributed by atoms with Gasteiger partial charge in [-0.15, -0.1) is 0 Å². The minimum Gasteiger partial charge on any atom is -0.432 e. The largest absolute Gasteiger partial charge is 0.432 e. The molecule has 1 aromatic carbocycles. The number of halogens is 4. The Morgan fingerprint density at radius 1 is 0.794 bits per heavy atom. The van der Waals surface area contributed by atoms with Crippen molar-refractivity contribution in [3.8, 4) is 5.75 Å². The zero-order valence-electron chi connectivity index (χ0n) is 20.9. The Labute approximate surface area is 203 Å². The van der Waals surface area contributed by atoms with Gasteiger partial charge in [0.15, 0.2) is 0 Å². The predicted octanol–water partition coefficient (Wildman–Crippen LogP) is 9.46. The van der Waals surface area contributed by atoms with Crippen molar-refractivity contribution in [3.05, 3.63) is 29.3 Å². The van der Waals surface area contributed by atoms with Crippen molar-refractivity contribution in [2.75, 3.05) is 0 Å². The molecule has 2 atom stereocenters. The normalized spacial score (nSPS) is 32.6. The predicted molar refractivity (Wildman–Crippen MR) is 128 cm³/mol. The maximum atomic E-state index is 14.8. The first-order chi connectivity index (χ1) is 16.3. The summed E-state index contributed by atoms with van der Waals surface area (Å²) < 4.78 is 61.9. The molecule has 0 heterocycles. The standard InChI is InChI=1S/C29H42F4O/c1-3-4-5-20-6-7-24(16-20)23-10-8-21(9-11-23)22-12-14-25(15-13-22)29(32,33)34-26-17-27(30)19(2)28(31)18-26/h17-18,20-25H,3-16H2,1-2H3. The SMILES string of the molecule is CCCCC1CCC(C2CCC(C3CCC(C(F)(F)Oc4cc(F)c(C)c(F)c4)CC3)CC2)C1. The summed E-state index contributed by atoms with van der Waals surface area (Å²) in [5.74, 6) is 0.902. The molecule has 1 nitrogen and oxygen atoms in total. The lowest BCUT2D eigenvalue weighted by Gasteiger charge is -2.40. The maximum absolute atomic E-state index is 14.8. The molecule has 0 N–H and O–H groups in total. The van der Waals surface area contributed by atoms with Crippen LogP contribution in [0, 0.1) is 54.1 Å². The van der Waals surface area contributed by atoms with E-state index in [9.17, 15) is 17.6 Å². The van der Waals surface area contributed by atoms with Crippen molar-refractivity contribution in [2.24, 2.45) is 35.5 Å². The van der Waals surface area contributed by atoms with E-state index in [0.29, 0.717) is 24.7 Å². The Morgan fingerprint density at radius 2 is 1.29 bits per heavy atom. The van der Waals surface area contributed by atoms with Crippen molar-refractivity contribution in [1.29, 1.82) is 0 Å². The van der Waals surface area contributed by atoms with Gasteiger partial charge in [0.2, 0.25) is 0 Å². The lowest BCUT2D eigenvalue weighted by atomic mass is 9.67. The molecule has 0 amide bonds. The third-order valence-electron chi connectivity index (χ3n) is 9.45. The molecular weight excluding hydrogens is 440 g/mol. The van der Waals surface area contributed by atoms with Gasteiger partial charge in [-0.2, -0.15) is 8.78 Å². The van der Waals surface area contributed by atoms with Crippen LogP contribution in [-0.2, 0) is 0 Å². The molecule has 0 bridgehead atoms. The zero-order chi connectivity index (χ0) is 24.3. The number of hydrogen-bond acceptors (Lipinski definition) is 1. The summed E-state index contributed by atoms with van der Waals surface area (Å²) >= 11 is 0. The Bertz CT molecular complexity index is 770. The molecular formula is C29H42F4O. The molecule has 5 heteroatoms. The number of unbranched alkanes of at least 4 members (excludes halogenated alkanes) is 1. The first kappa shape index (κ1) is 25.8. The quantitative estimate of drug-likeness (QED) is 0.335. The molecule has 192 valence electrons. The van der Waals surface area contributed by atoms with E-state index < -0.39 is 29.4 Å². The van der Waals surface area contributed by atoms with Crippen LogP contribution in [0.5, 0.6) is 5.75 Å². The Hall–Kier alpha value is -1.26. The van der Waals surface area contributed by atoms with Gasteiger partial charge in [0, 0.05) is 17.7 Å². The summed E-state index contributed by atoms with van der Waals surface area (Å²) in [4.78, 5) is 0. The van der Waals surface area contributed by atoms with Crippen LogP contribution in [0.15, 0.2) is 12.1 Å². The Morgan fingerprint density at radius 3 is 1.85 bits per heavy atom. The van der Waals surface area contributed by atoms with Crippen LogP contribution in [0.25, 0.3) is 0 Å². The maximum Gasteiger partial charge on any atom is 0.400 e. The van der Waals surface area contributed by atoms with Gasteiger partial charge in [0.1, 0.15) is 17.4 Å². The first-order valence-electron chi connectivity index (χ1n) is 13.8. The number of ether oxygens (including phenoxy) is 1.